The van der Waals surface area contributed by atoms with Gasteiger partial charge in [0.25, 0.3) is 0 Å². The maximum Gasteiger partial charge on any atom is 0.351 e. The van der Waals surface area contributed by atoms with Crippen LogP contribution >= 0.6 is 11.6 Å². The van der Waals surface area contributed by atoms with E-state index in [9.17, 15) is 9.59 Å². The Morgan fingerprint density at radius 1 is 1.11 bits per heavy atom. The van der Waals surface area contributed by atoms with E-state index >= 15 is 0 Å². The summed E-state index contributed by atoms with van der Waals surface area (Å²) in [7, 11) is 0. The van der Waals surface area contributed by atoms with Gasteiger partial charge in [0.05, 0.1) is 17.9 Å². The van der Waals surface area contributed by atoms with E-state index < -0.39 is 0 Å². The molecule has 3 unspecified atom stereocenters. The number of carbonyl (C=O) groups is 1. The molecular formula is C28H34ClN5O3. The minimum Gasteiger partial charge on any atom is -0.372 e. The third kappa shape index (κ3) is 5.81. The van der Waals surface area contributed by atoms with Crippen molar-refractivity contribution in [2.45, 2.75) is 70.9 Å². The first-order valence-electron chi connectivity index (χ1n) is 13.0. The fraction of sp³-hybridized carbons (Fsp3) is 0.464. The largest absolute Gasteiger partial charge is 0.372 e. The van der Waals surface area contributed by atoms with E-state index in [0.29, 0.717) is 40.3 Å². The molecule has 9 heteroatoms. The number of nitrogens with zero attached hydrogens (tertiary/aromatic N) is 4. The number of carbonyl (C=O) groups excluding carboxylic acids is 1. The number of likely N-dealkylation sites (tertiary alicyclic amines) is 1. The zero-order valence-corrected chi connectivity index (χ0v) is 22.3. The average Bonchev–Trinajstić information content (AvgIpc) is 3.37. The van der Waals surface area contributed by atoms with Crippen LogP contribution < -0.4 is 11.0 Å². The number of hydrogen-bond donors (Lipinski definition) is 1. The van der Waals surface area contributed by atoms with Crippen molar-refractivity contribution >= 4 is 17.5 Å². The quantitative estimate of drug-likeness (QED) is 0.487. The van der Waals surface area contributed by atoms with Crippen molar-refractivity contribution in [2.75, 3.05) is 13.1 Å². The summed E-state index contributed by atoms with van der Waals surface area (Å²) < 4.78 is 8.73. The molecule has 8 nitrogen and oxygen atoms in total. The van der Waals surface area contributed by atoms with Gasteiger partial charge < -0.3 is 10.1 Å². The lowest BCUT2D eigenvalue weighted by molar-refractivity contribution is -0.122. The second kappa shape index (κ2) is 10.8. The molecule has 196 valence electrons. The van der Waals surface area contributed by atoms with Crippen molar-refractivity contribution in [3.8, 4) is 17.1 Å². The average molecular weight is 524 g/mol. The molecule has 2 fully saturated rings. The number of hydrogen-bond acceptors (Lipinski definition) is 5. The molecule has 2 aromatic carbocycles. The van der Waals surface area contributed by atoms with Gasteiger partial charge in [0.1, 0.15) is 6.54 Å². The Morgan fingerprint density at radius 3 is 2.46 bits per heavy atom. The summed E-state index contributed by atoms with van der Waals surface area (Å²) in [5, 5.41) is 8.00. The van der Waals surface area contributed by atoms with Crippen molar-refractivity contribution < 1.29 is 9.53 Å². The van der Waals surface area contributed by atoms with E-state index in [4.69, 9.17) is 16.3 Å². The summed E-state index contributed by atoms with van der Waals surface area (Å²) in [4.78, 5) is 28.5. The van der Waals surface area contributed by atoms with Crippen LogP contribution in [0.2, 0.25) is 5.02 Å². The molecule has 2 bridgehead atoms. The smallest absolute Gasteiger partial charge is 0.351 e. The van der Waals surface area contributed by atoms with E-state index in [0.717, 1.165) is 19.5 Å². The highest BCUT2D eigenvalue weighted by atomic mass is 35.5. The molecule has 3 aromatic rings. The predicted octanol–water partition coefficient (Wildman–Crippen LogP) is 3.67. The van der Waals surface area contributed by atoms with Crippen LogP contribution in [0.3, 0.4) is 0 Å². The summed E-state index contributed by atoms with van der Waals surface area (Å²) in [5.41, 5.74) is 2.15. The van der Waals surface area contributed by atoms with Crippen LogP contribution in [0, 0.1) is 0 Å². The summed E-state index contributed by atoms with van der Waals surface area (Å²) in [6.45, 7) is 7.90. The van der Waals surface area contributed by atoms with Crippen molar-refractivity contribution in [3.63, 3.8) is 0 Å². The summed E-state index contributed by atoms with van der Waals surface area (Å²) in [6.07, 6.45) is 4.01. The normalized spacial score (nSPS) is 20.4. The van der Waals surface area contributed by atoms with Crippen LogP contribution in [0.15, 0.2) is 53.3 Å². The first kappa shape index (κ1) is 25.7. The summed E-state index contributed by atoms with van der Waals surface area (Å²) in [6, 6.07) is 15.5. The number of halogens is 1. The molecule has 37 heavy (non-hydrogen) atoms. The highest BCUT2D eigenvalue weighted by Gasteiger charge is 2.35. The molecule has 0 radical (unpaired) electrons. The Labute approximate surface area is 222 Å². The standard InChI is InChI=1S/C28H34ClN5O3/c1-18(2)30-26(35)17-33-27(21-5-4-6-22(29)14-21)31-34(28(33)36)23-9-7-20(8-10-23)13-19(3)32-15-24-11-12-25(16-32)37-24/h4-10,14,18-19,24-25H,11-13,15-17H2,1-3H3,(H,30,35). The molecule has 1 amide bonds. The van der Waals surface area contributed by atoms with Crippen LogP contribution in [0.5, 0.6) is 0 Å². The lowest BCUT2D eigenvalue weighted by Crippen LogP contribution is -2.47. The van der Waals surface area contributed by atoms with Crippen LogP contribution in [0.1, 0.15) is 39.2 Å². The number of morpholine rings is 1. The highest BCUT2D eigenvalue weighted by Crippen LogP contribution is 2.28. The first-order chi connectivity index (χ1) is 17.8. The molecule has 5 rings (SSSR count). The van der Waals surface area contributed by atoms with Gasteiger partial charge in [-0.25, -0.2) is 4.79 Å². The van der Waals surface area contributed by atoms with Crippen LogP contribution in [0.25, 0.3) is 17.1 Å². The van der Waals surface area contributed by atoms with Crippen molar-refractivity contribution in [1.29, 1.82) is 0 Å². The Hall–Kier alpha value is -2.94. The highest BCUT2D eigenvalue weighted by molar-refractivity contribution is 6.30. The second-order valence-corrected chi connectivity index (χ2v) is 10.9. The molecule has 3 heterocycles. The van der Waals surface area contributed by atoms with Crippen molar-refractivity contribution in [1.82, 2.24) is 24.6 Å². The fourth-order valence-corrected chi connectivity index (χ4v) is 5.50. The molecule has 0 aliphatic carbocycles. The van der Waals surface area contributed by atoms with Gasteiger partial charge in [-0.05, 0) is 69.9 Å². The monoisotopic (exact) mass is 523 g/mol. The van der Waals surface area contributed by atoms with E-state index in [2.05, 4.69) is 34.4 Å². The molecule has 2 aliphatic heterocycles. The number of ether oxygens (including phenoxy) is 1. The number of benzene rings is 2. The van der Waals surface area contributed by atoms with Crippen molar-refractivity contribution in [2.24, 2.45) is 0 Å². The van der Waals surface area contributed by atoms with Gasteiger partial charge in [-0.2, -0.15) is 4.68 Å². The fourth-order valence-electron chi connectivity index (χ4n) is 5.31. The second-order valence-electron chi connectivity index (χ2n) is 10.5. The molecule has 2 aliphatic rings. The van der Waals surface area contributed by atoms with E-state index in [1.54, 1.807) is 18.2 Å². The third-order valence-electron chi connectivity index (χ3n) is 7.10. The zero-order valence-electron chi connectivity index (χ0n) is 21.6. The Bertz CT molecular complexity index is 1300. The summed E-state index contributed by atoms with van der Waals surface area (Å²) >= 11 is 6.21. The number of amides is 1. The Kier molecular flexibility index (Phi) is 7.51. The SMILES string of the molecule is CC(C)NC(=O)Cn1c(-c2cccc(Cl)c2)nn(-c2ccc(CC(C)N3CC4CCC(C3)O4)cc2)c1=O. The topological polar surface area (TPSA) is 81.4 Å². The lowest BCUT2D eigenvalue weighted by Gasteiger charge is -2.36. The minimum atomic E-state index is -0.376. The van der Waals surface area contributed by atoms with E-state index in [-0.39, 0.29) is 24.2 Å². The number of aromatic nitrogens is 3. The first-order valence-corrected chi connectivity index (χ1v) is 13.4. The Balaban J connectivity index is 1.38. The molecule has 3 atom stereocenters. The van der Waals surface area contributed by atoms with Gasteiger partial charge in [0.15, 0.2) is 5.82 Å². The van der Waals surface area contributed by atoms with Gasteiger partial charge in [0, 0.05) is 35.8 Å². The lowest BCUT2D eigenvalue weighted by atomic mass is 10.0. The maximum absolute atomic E-state index is 13.4. The number of nitrogens with one attached hydrogen (secondary N) is 1. The van der Waals surface area contributed by atoms with E-state index in [1.807, 2.05) is 32.0 Å². The third-order valence-corrected chi connectivity index (χ3v) is 7.34. The van der Waals surface area contributed by atoms with Crippen molar-refractivity contribution in [3.05, 3.63) is 69.6 Å². The van der Waals surface area contributed by atoms with Gasteiger partial charge in [0.2, 0.25) is 5.91 Å². The number of fused-ring (bicyclic) bond motifs is 2. The molecule has 2 saturated heterocycles. The van der Waals surface area contributed by atoms with Gasteiger partial charge in [-0.3, -0.25) is 14.3 Å². The maximum atomic E-state index is 13.4. The molecule has 0 spiro atoms. The predicted molar refractivity (Wildman–Crippen MR) is 144 cm³/mol. The molecule has 1 N–H and O–H groups in total. The number of rotatable bonds is 8. The van der Waals surface area contributed by atoms with Gasteiger partial charge in [-0.15, -0.1) is 5.10 Å². The Morgan fingerprint density at radius 2 is 1.81 bits per heavy atom. The van der Waals surface area contributed by atoms with Gasteiger partial charge in [-0.1, -0.05) is 35.9 Å². The molecule has 1 aromatic heterocycles. The summed E-state index contributed by atoms with van der Waals surface area (Å²) in [5.74, 6) is 0.145. The molecule has 0 saturated carbocycles. The van der Waals surface area contributed by atoms with Crippen LogP contribution in [-0.4, -0.2) is 62.5 Å². The van der Waals surface area contributed by atoms with Gasteiger partial charge >= 0.3 is 5.69 Å². The minimum absolute atomic E-state index is 0.0320. The zero-order chi connectivity index (χ0) is 26.1. The van der Waals surface area contributed by atoms with Crippen LogP contribution in [-0.2, 0) is 22.5 Å². The van der Waals surface area contributed by atoms with E-state index in [1.165, 1.54) is 27.7 Å². The molecular weight excluding hydrogens is 490 g/mol. The van der Waals surface area contributed by atoms with Crippen LogP contribution in [0.4, 0.5) is 0 Å².